The number of carbonyl (C=O) groups excluding carboxylic acids is 2. The summed E-state index contributed by atoms with van der Waals surface area (Å²) in [5, 5.41) is 10.3. The minimum atomic E-state index is -0.928. The summed E-state index contributed by atoms with van der Waals surface area (Å²) in [6.45, 7) is 6.31. The maximum atomic E-state index is 14.2. The summed E-state index contributed by atoms with van der Waals surface area (Å²) in [6.07, 6.45) is 0.907. The number of piperidine rings is 1. The number of hydrogen-bond donors (Lipinski definition) is 1. The molecule has 0 aliphatic carbocycles. The lowest BCUT2D eigenvalue weighted by Gasteiger charge is -2.37. The van der Waals surface area contributed by atoms with Crippen LogP contribution in [0.25, 0.3) is 22.0 Å². The van der Waals surface area contributed by atoms with Gasteiger partial charge in [0.05, 0.1) is 11.4 Å². The Morgan fingerprint density at radius 2 is 1.38 bits per heavy atom. The molecule has 1 aliphatic rings. The molecule has 9 heteroatoms. The van der Waals surface area contributed by atoms with Gasteiger partial charge in [0.15, 0.2) is 5.82 Å². The fourth-order valence-electron chi connectivity index (χ4n) is 7.16. The van der Waals surface area contributed by atoms with Gasteiger partial charge in [0.1, 0.15) is 11.1 Å². The maximum Gasteiger partial charge on any atom is 0.410 e. The Kier molecular flexibility index (Phi) is 9.84. The highest BCUT2D eigenvalue weighted by atomic mass is 35.5. The zero-order chi connectivity index (χ0) is 36.5. The van der Waals surface area contributed by atoms with E-state index >= 15 is 0 Å². The van der Waals surface area contributed by atoms with Gasteiger partial charge >= 0.3 is 6.09 Å². The SMILES string of the molecule is CC(C)(C)OC(=O)N1CCC[C@@H](C(=O)Nc2nn(C(c3ccccc3)(c3ccccc3)c3ccccc3)c3ccc(-c4ccc(Cl)cc4Cl)cc23)C1. The fraction of sp³-hybridized carbons (Fsp3) is 0.233. The van der Waals surface area contributed by atoms with Crippen LogP contribution in [0, 0.1) is 5.92 Å². The fourth-order valence-corrected chi connectivity index (χ4v) is 7.68. The van der Waals surface area contributed by atoms with Crippen molar-refractivity contribution in [1.82, 2.24) is 14.7 Å². The number of anilines is 1. The van der Waals surface area contributed by atoms with Crippen molar-refractivity contribution >= 4 is 51.9 Å². The van der Waals surface area contributed by atoms with Gasteiger partial charge in [-0.2, -0.15) is 5.10 Å². The molecule has 2 amide bonds. The van der Waals surface area contributed by atoms with E-state index < -0.39 is 23.2 Å². The van der Waals surface area contributed by atoms with Crippen LogP contribution >= 0.6 is 23.2 Å². The average Bonchev–Trinajstić information content (AvgIpc) is 3.50. The third kappa shape index (κ3) is 6.91. The molecule has 0 saturated carbocycles. The average molecular weight is 732 g/mol. The molecule has 1 aliphatic heterocycles. The Labute approximate surface area is 314 Å². The quantitative estimate of drug-likeness (QED) is 0.166. The first-order valence-corrected chi connectivity index (χ1v) is 18.2. The molecule has 1 fully saturated rings. The normalized spacial score (nSPS) is 15.0. The molecule has 6 aromatic rings. The van der Waals surface area contributed by atoms with Crippen LogP contribution in [0.15, 0.2) is 127 Å². The van der Waals surface area contributed by atoms with Crippen molar-refractivity contribution in [2.45, 2.75) is 44.8 Å². The van der Waals surface area contributed by atoms with Crippen molar-refractivity contribution in [3.8, 4) is 11.1 Å². The van der Waals surface area contributed by atoms with E-state index in [0.717, 1.165) is 38.7 Å². The van der Waals surface area contributed by atoms with Gasteiger partial charge in [-0.05, 0) is 80.1 Å². The van der Waals surface area contributed by atoms with Crippen LogP contribution < -0.4 is 5.32 Å². The van der Waals surface area contributed by atoms with Crippen LogP contribution in [0.3, 0.4) is 0 Å². The van der Waals surface area contributed by atoms with Gasteiger partial charge in [-0.1, -0.05) is 126 Å². The number of hydrogen-bond acceptors (Lipinski definition) is 4. The number of likely N-dealkylation sites (tertiary alicyclic amines) is 1. The maximum absolute atomic E-state index is 14.2. The molecule has 52 heavy (non-hydrogen) atoms. The number of ether oxygens (including phenoxy) is 1. The first-order chi connectivity index (χ1) is 25.0. The summed E-state index contributed by atoms with van der Waals surface area (Å²) in [4.78, 5) is 28.8. The van der Waals surface area contributed by atoms with Crippen molar-refractivity contribution in [2.24, 2.45) is 5.92 Å². The highest BCUT2D eigenvalue weighted by Gasteiger charge is 2.41. The Bertz CT molecular complexity index is 2120. The minimum absolute atomic E-state index is 0.209. The zero-order valence-corrected chi connectivity index (χ0v) is 30.9. The van der Waals surface area contributed by atoms with Crippen LogP contribution in [0.2, 0.25) is 10.0 Å². The molecule has 1 saturated heterocycles. The number of halogens is 2. The summed E-state index contributed by atoms with van der Waals surface area (Å²) < 4.78 is 7.67. The van der Waals surface area contributed by atoms with Crippen molar-refractivity contribution < 1.29 is 14.3 Å². The number of aromatic nitrogens is 2. The minimum Gasteiger partial charge on any atom is -0.444 e. The van der Waals surface area contributed by atoms with E-state index in [4.69, 9.17) is 33.0 Å². The summed E-state index contributed by atoms with van der Waals surface area (Å²) in [7, 11) is 0. The lowest BCUT2D eigenvalue weighted by molar-refractivity contribution is -0.121. The van der Waals surface area contributed by atoms with Crippen molar-refractivity contribution in [3.05, 3.63) is 154 Å². The molecule has 1 atom stereocenters. The molecular weight excluding hydrogens is 691 g/mol. The highest BCUT2D eigenvalue weighted by molar-refractivity contribution is 6.36. The monoisotopic (exact) mass is 730 g/mol. The van der Waals surface area contributed by atoms with Gasteiger partial charge in [0.2, 0.25) is 5.91 Å². The number of rotatable bonds is 7. The number of carbonyl (C=O) groups is 2. The lowest BCUT2D eigenvalue weighted by Crippen LogP contribution is -2.45. The van der Waals surface area contributed by atoms with E-state index in [-0.39, 0.29) is 12.5 Å². The summed E-state index contributed by atoms with van der Waals surface area (Å²) in [5.74, 6) is -0.245. The van der Waals surface area contributed by atoms with Crippen molar-refractivity contribution in [1.29, 1.82) is 0 Å². The molecule has 0 unspecified atom stereocenters. The van der Waals surface area contributed by atoms with Crippen LogP contribution in [-0.2, 0) is 15.1 Å². The topological polar surface area (TPSA) is 76.5 Å². The molecule has 7 nitrogen and oxygen atoms in total. The Morgan fingerprint density at radius 3 is 1.94 bits per heavy atom. The Balaban J connectivity index is 1.41. The Morgan fingerprint density at radius 1 is 0.788 bits per heavy atom. The van der Waals surface area contributed by atoms with E-state index in [0.29, 0.717) is 35.2 Å². The molecule has 7 rings (SSSR count). The second kappa shape index (κ2) is 14.5. The molecule has 5 aromatic carbocycles. The van der Waals surface area contributed by atoms with Gasteiger partial charge in [-0.3, -0.25) is 4.79 Å². The Hall–Kier alpha value is -5.11. The van der Waals surface area contributed by atoms with E-state index in [1.807, 2.05) is 110 Å². The molecule has 264 valence electrons. The van der Waals surface area contributed by atoms with Crippen LogP contribution in [0.5, 0.6) is 0 Å². The summed E-state index contributed by atoms with van der Waals surface area (Å²) >= 11 is 13.0. The van der Waals surface area contributed by atoms with Gasteiger partial charge in [0, 0.05) is 34.1 Å². The van der Waals surface area contributed by atoms with E-state index in [9.17, 15) is 9.59 Å². The van der Waals surface area contributed by atoms with Crippen LogP contribution in [-0.4, -0.2) is 45.4 Å². The van der Waals surface area contributed by atoms with Crippen molar-refractivity contribution in [2.75, 3.05) is 18.4 Å². The van der Waals surface area contributed by atoms with Gasteiger partial charge in [-0.15, -0.1) is 0 Å². The molecule has 0 spiro atoms. The smallest absolute Gasteiger partial charge is 0.410 e. The number of amides is 2. The van der Waals surface area contributed by atoms with Crippen LogP contribution in [0.1, 0.15) is 50.3 Å². The third-order valence-electron chi connectivity index (χ3n) is 9.50. The van der Waals surface area contributed by atoms with Gasteiger partial charge in [-0.25, -0.2) is 9.48 Å². The molecular formula is C43H40Cl2N4O3. The highest BCUT2D eigenvalue weighted by Crippen LogP contribution is 2.44. The van der Waals surface area contributed by atoms with E-state index in [1.54, 1.807) is 11.0 Å². The second-order valence-electron chi connectivity index (χ2n) is 14.2. The van der Waals surface area contributed by atoms with Crippen molar-refractivity contribution in [3.63, 3.8) is 0 Å². The molecule has 0 radical (unpaired) electrons. The van der Waals surface area contributed by atoms with E-state index in [1.165, 1.54) is 0 Å². The largest absolute Gasteiger partial charge is 0.444 e. The predicted molar refractivity (Wildman–Crippen MR) is 209 cm³/mol. The summed E-state index contributed by atoms with van der Waals surface area (Å²) in [5.41, 5.74) is 3.90. The lowest BCUT2D eigenvalue weighted by atomic mass is 9.77. The first kappa shape index (κ1) is 35.3. The van der Waals surface area contributed by atoms with Crippen LogP contribution in [0.4, 0.5) is 10.6 Å². The second-order valence-corrected chi connectivity index (χ2v) is 15.0. The van der Waals surface area contributed by atoms with Gasteiger partial charge in [0.25, 0.3) is 0 Å². The number of nitrogens with one attached hydrogen (secondary N) is 1. The number of benzene rings is 5. The molecule has 1 N–H and O–H groups in total. The molecule has 1 aromatic heterocycles. The zero-order valence-electron chi connectivity index (χ0n) is 29.4. The third-order valence-corrected chi connectivity index (χ3v) is 10.0. The predicted octanol–water partition coefficient (Wildman–Crippen LogP) is 10.4. The van der Waals surface area contributed by atoms with E-state index in [2.05, 4.69) is 41.7 Å². The number of fused-ring (bicyclic) bond motifs is 1. The molecule has 2 heterocycles. The standard InChI is InChI=1S/C43H40Cl2N4O3/c1-42(2,3)52-41(51)48-25-13-14-30(28-48)40(50)46-39-36-26-29(35-23-22-34(44)27-37(35)45)21-24-38(36)49(47-39)43(31-15-7-4-8-16-31,32-17-9-5-10-18-32)33-19-11-6-12-20-33/h4-12,15-24,26-27,30H,13-14,25,28H2,1-3H3,(H,46,47,50)/t30-/m1/s1. The summed E-state index contributed by atoms with van der Waals surface area (Å²) in [6, 6.07) is 42.4. The van der Waals surface area contributed by atoms with Gasteiger partial charge < -0.3 is 15.0 Å². The first-order valence-electron chi connectivity index (χ1n) is 17.5. The molecule has 0 bridgehead atoms. The number of nitrogens with zero attached hydrogens (tertiary/aromatic N) is 3.